The SMILES string of the molecule is Cc1noc(C)c1S(=O)(=O)N(C)C[C@H]1OCCCC[C@H](C)Oc2ccc(NC(=O)c3ccccc3)cc2C(=O)N([C@H](C)CO)C[C@@H]1C. The number of anilines is 1. The molecule has 1 aliphatic heterocycles. The van der Waals surface area contributed by atoms with Crippen molar-refractivity contribution in [3.05, 3.63) is 71.1 Å². The number of nitrogens with zero attached hydrogens (tertiary/aromatic N) is 3. The van der Waals surface area contributed by atoms with Crippen LogP contribution in [-0.4, -0.2) is 91.3 Å². The summed E-state index contributed by atoms with van der Waals surface area (Å²) in [7, 11) is -2.45. The van der Waals surface area contributed by atoms with Crippen molar-refractivity contribution >= 4 is 27.5 Å². The third kappa shape index (κ3) is 8.78. The molecule has 0 spiro atoms. The molecule has 0 radical (unpaired) electrons. The number of rotatable bonds is 8. The summed E-state index contributed by atoms with van der Waals surface area (Å²) in [5, 5.41) is 16.9. The summed E-state index contributed by atoms with van der Waals surface area (Å²) in [6, 6.07) is 13.2. The molecule has 2 aromatic carbocycles. The van der Waals surface area contributed by atoms with E-state index in [2.05, 4.69) is 10.5 Å². The first-order valence-corrected chi connectivity index (χ1v) is 17.4. The molecule has 47 heavy (non-hydrogen) atoms. The van der Waals surface area contributed by atoms with E-state index in [0.29, 0.717) is 30.0 Å². The van der Waals surface area contributed by atoms with Crippen LogP contribution >= 0.6 is 0 Å². The third-order valence-electron chi connectivity index (χ3n) is 8.42. The van der Waals surface area contributed by atoms with Gasteiger partial charge < -0.3 is 29.3 Å². The molecular formula is C34H46N4O8S. The lowest BCUT2D eigenvalue weighted by atomic mass is 10.0. The Morgan fingerprint density at radius 1 is 1.15 bits per heavy atom. The molecule has 0 aliphatic carbocycles. The lowest BCUT2D eigenvalue weighted by molar-refractivity contribution is -0.00835. The molecule has 0 fully saturated rings. The first-order valence-electron chi connectivity index (χ1n) is 15.9. The minimum absolute atomic E-state index is 0.0227. The molecule has 4 atom stereocenters. The molecule has 0 saturated carbocycles. The van der Waals surface area contributed by atoms with Crippen molar-refractivity contribution in [2.75, 3.05) is 38.7 Å². The molecule has 12 nitrogen and oxygen atoms in total. The van der Waals surface area contributed by atoms with E-state index in [0.717, 1.165) is 12.8 Å². The second kappa shape index (κ2) is 15.9. The molecular weight excluding hydrogens is 624 g/mol. The van der Waals surface area contributed by atoms with E-state index in [1.54, 1.807) is 68.1 Å². The highest BCUT2D eigenvalue weighted by atomic mass is 32.2. The highest BCUT2D eigenvalue weighted by molar-refractivity contribution is 7.89. The van der Waals surface area contributed by atoms with Gasteiger partial charge in [0.2, 0.25) is 10.0 Å². The van der Waals surface area contributed by atoms with Crippen LogP contribution in [0.1, 0.15) is 72.2 Å². The molecule has 1 aliphatic rings. The number of aliphatic hydroxyl groups is 1. The fraction of sp³-hybridized carbons (Fsp3) is 0.500. The van der Waals surface area contributed by atoms with E-state index < -0.39 is 28.1 Å². The van der Waals surface area contributed by atoms with Gasteiger partial charge in [-0.15, -0.1) is 0 Å². The summed E-state index contributed by atoms with van der Waals surface area (Å²) in [5.74, 6) is -0.486. The number of amides is 2. The molecule has 4 rings (SSSR count). The van der Waals surface area contributed by atoms with Crippen LogP contribution in [-0.2, 0) is 14.8 Å². The van der Waals surface area contributed by atoms with Crippen LogP contribution < -0.4 is 10.1 Å². The van der Waals surface area contributed by atoms with Gasteiger partial charge >= 0.3 is 0 Å². The summed E-state index contributed by atoms with van der Waals surface area (Å²) in [6.45, 7) is 8.97. The topological polar surface area (TPSA) is 152 Å². The number of likely N-dealkylation sites (N-methyl/N-ethyl adjacent to an activating group) is 1. The Bertz CT molecular complexity index is 1610. The molecule has 2 N–H and O–H groups in total. The minimum atomic E-state index is -3.94. The predicted octanol–water partition coefficient (Wildman–Crippen LogP) is 4.66. The first-order chi connectivity index (χ1) is 22.3. The normalized spacial score (nSPS) is 20.6. The van der Waals surface area contributed by atoms with Gasteiger partial charge in [-0.1, -0.05) is 30.3 Å². The number of benzene rings is 2. The van der Waals surface area contributed by atoms with Gasteiger partial charge in [-0.25, -0.2) is 8.42 Å². The monoisotopic (exact) mass is 670 g/mol. The molecule has 256 valence electrons. The third-order valence-corrected chi connectivity index (χ3v) is 10.5. The van der Waals surface area contributed by atoms with E-state index in [9.17, 15) is 23.1 Å². The molecule has 0 unspecified atom stereocenters. The number of hydrogen-bond donors (Lipinski definition) is 2. The maximum atomic E-state index is 14.3. The highest BCUT2D eigenvalue weighted by Crippen LogP contribution is 2.29. The van der Waals surface area contributed by atoms with E-state index in [1.165, 1.54) is 11.4 Å². The maximum absolute atomic E-state index is 14.3. The van der Waals surface area contributed by atoms with Crippen molar-refractivity contribution in [3.63, 3.8) is 0 Å². The Kier molecular flexibility index (Phi) is 12.2. The highest BCUT2D eigenvalue weighted by Gasteiger charge is 2.34. The van der Waals surface area contributed by atoms with Crippen molar-refractivity contribution in [2.45, 2.75) is 77.0 Å². The molecule has 0 saturated heterocycles. The fourth-order valence-electron chi connectivity index (χ4n) is 5.61. The van der Waals surface area contributed by atoms with Crippen molar-refractivity contribution in [1.82, 2.24) is 14.4 Å². The number of nitrogens with one attached hydrogen (secondary N) is 1. The lowest BCUT2D eigenvalue weighted by Crippen LogP contribution is -2.48. The summed E-state index contributed by atoms with van der Waals surface area (Å²) in [6.07, 6.45) is 1.41. The van der Waals surface area contributed by atoms with Gasteiger partial charge in [0.25, 0.3) is 11.8 Å². The van der Waals surface area contributed by atoms with E-state index in [4.69, 9.17) is 14.0 Å². The summed E-state index contributed by atoms with van der Waals surface area (Å²) in [5.41, 5.74) is 1.40. The zero-order valence-corrected chi connectivity index (χ0v) is 28.7. The number of sulfonamides is 1. The van der Waals surface area contributed by atoms with Crippen molar-refractivity contribution in [3.8, 4) is 5.75 Å². The zero-order chi connectivity index (χ0) is 34.3. The largest absolute Gasteiger partial charge is 0.490 e. The van der Waals surface area contributed by atoms with Gasteiger partial charge in [0, 0.05) is 43.9 Å². The van der Waals surface area contributed by atoms with Crippen LogP contribution in [0.4, 0.5) is 5.69 Å². The van der Waals surface area contributed by atoms with Gasteiger partial charge in [0.1, 0.15) is 16.3 Å². The molecule has 2 heterocycles. The molecule has 3 aromatic rings. The van der Waals surface area contributed by atoms with Crippen LogP contribution in [0, 0.1) is 19.8 Å². The van der Waals surface area contributed by atoms with Gasteiger partial charge in [-0.3, -0.25) is 9.59 Å². The Labute approximate surface area is 277 Å². The number of hydrogen-bond acceptors (Lipinski definition) is 9. The predicted molar refractivity (Wildman–Crippen MR) is 177 cm³/mol. The Morgan fingerprint density at radius 3 is 2.53 bits per heavy atom. The van der Waals surface area contributed by atoms with E-state index in [-0.39, 0.29) is 59.5 Å². The second-order valence-electron chi connectivity index (χ2n) is 12.3. The van der Waals surface area contributed by atoms with Crippen LogP contribution in [0.3, 0.4) is 0 Å². The summed E-state index contributed by atoms with van der Waals surface area (Å²) >= 11 is 0. The standard InChI is InChI=1S/C34H46N4O8S/c1-22-19-38(23(2)21-39)34(41)29-18-28(35-33(40)27-13-8-7-9-14-27)15-16-30(29)45-24(3)12-10-11-17-44-31(22)20-37(6)47(42,43)32-25(4)36-46-26(32)5/h7-9,13-16,18,22-24,31,39H,10-12,17,19-21H2,1-6H3,(H,35,40)/t22-,23+,24-,31+/m0/s1. The average Bonchev–Trinajstić information content (AvgIpc) is 3.40. The number of aryl methyl sites for hydroxylation is 2. The Hall–Kier alpha value is -3.78. The van der Waals surface area contributed by atoms with Gasteiger partial charge in [-0.2, -0.15) is 4.31 Å². The van der Waals surface area contributed by atoms with E-state index in [1.807, 2.05) is 19.9 Å². The number of fused-ring (bicyclic) bond motifs is 1. The summed E-state index contributed by atoms with van der Waals surface area (Å²) < 4.78 is 46.0. The molecule has 0 bridgehead atoms. The van der Waals surface area contributed by atoms with Crippen molar-refractivity contribution in [2.24, 2.45) is 5.92 Å². The number of aromatic nitrogens is 1. The van der Waals surface area contributed by atoms with Crippen molar-refractivity contribution < 1.29 is 37.1 Å². The second-order valence-corrected chi connectivity index (χ2v) is 14.3. The minimum Gasteiger partial charge on any atom is -0.490 e. The number of carbonyl (C=O) groups excluding carboxylic acids is 2. The van der Waals surface area contributed by atoms with Gasteiger partial charge in [0.15, 0.2) is 5.76 Å². The van der Waals surface area contributed by atoms with E-state index >= 15 is 0 Å². The molecule has 2 amide bonds. The van der Waals surface area contributed by atoms with Crippen LogP contribution in [0.15, 0.2) is 57.9 Å². The molecule has 1 aromatic heterocycles. The van der Waals surface area contributed by atoms with Gasteiger partial charge in [-0.05, 0) is 77.3 Å². The quantitative estimate of drug-likeness (QED) is 0.349. The number of ether oxygens (including phenoxy) is 2. The van der Waals surface area contributed by atoms with Crippen LogP contribution in [0.2, 0.25) is 0 Å². The zero-order valence-electron chi connectivity index (χ0n) is 27.9. The number of carbonyl (C=O) groups is 2. The Morgan fingerprint density at radius 2 is 1.87 bits per heavy atom. The van der Waals surface area contributed by atoms with Crippen LogP contribution in [0.25, 0.3) is 0 Å². The first kappa shape index (κ1) is 36.1. The van der Waals surface area contributed by atoms with Crippen molar-refractivity contribution in [1.29, 1.82) is 0 Å². The maximum Gasteiger partial charge on any atom is 0.258 e. The lowest BCUT2D eigenvalue weighted by Gasteiger charge is -2.35. The van der Waals surface area contributed by atoms with Crippen LogP contribution in [0.5, 0.6) is 5.75 Å². The smallest absolute Gasteiger partial charge is 0.258 e. The number of aliphatic hydroxyl groups excluding tert-OH is 1. The van der Waals surface area contributed by atoms with Gasteiger partial charge in [0.05, 0.1) is 30.4 Å². The average molecular weight is 671 g/mol. The fourth-order valence-corrected chi connectivity index (χ4v) is 7.07. The Balaban J connectivity index is 1.66. The summed E-state index contributed by atoms with van der Waals surface area (Å²) in [4.78, 5) is 28.8. The molecule has 13 heteroatoms.